The summed E-state index contributed by atoms with van der Waals surface area (Å²) in [6.07, 6.45) is 1.73. The van der Waals surface area contributed by atoms with Gasteiger partial charge in [-0.3, -0.25) is 9.69 Å². The Bertz CT molecular complexity index is 245. The Kier molecular flexibility index (Phi) is 7.19. The van der Waals surface area contributed by atoms with Gasteiger partial charge in [-0.1, -0.05) is 0 Å². The second kappa shape index (κ2) is 8.42. The quantitative estimate of drug-likeness (QED) is 0.508. The summed E-state index contributed by atoms with van der Waals surface area (Å²) in [5, 5.41) is 18.5. The summed E-state index contributed by atoms with van der Waals surface area (Å²) in [5.41, 5.74) is 0. The van der Waals surface area contributed by atoms with Gasteiger partial charge in [0.25, 0.3) is 0 Å². The molecule has 1 atom stereocenters. The van der Waals surface area contributed by atoms with Gasteiger partial charge in [-0.05, 0) is 12.8 Å². The van der Waals surface area contributed by atoms with E-state index >= 15 is 0 Å². The summed E-state index contributed by atoms with van der Waals surface area (Å²) in [7, 11) is 1.60. The predicted octanol–water partition coefficient (Wildman–Crippen LogP) is -0.0506. The van der Waals surface area contributed by atoms with Crippen LogP contribution in [0, 0.1) is 0 Å². The van der Waals surface area contributed by atoms with Crippen molar-refractivity contribution in [2.75, 3.05) is 40.0 Å². The average Bonchev–Trinajstić information content (AvgIpc) is 3.14. The summed E-state index contributed by atoms with van der Waals surface area (Å²) >= 11 is 0. The van der Waals surface area contributed by atoms with E-state index in [0.717, 1.165) is 12.8 Å². The Morgan fingerprint density at radius 2 is 2.17 bits per heavy atom. The van der Waals surface area contributed by atoms with Gasteiger partial charge >= 0.3 is 5.97 Å². The van der Waals surface area contributed by atoms with E-state index in [1.54, 1.807) is 7.11 Å². The first-order valence-corrected chi connectivity index (χ1v) is 6.34. The molecule has 18 heavy (non-hydrogen) atoms. The standard InChI is InChI=1S/C12H23NO5/c1-17-6-7-18-9-11(14)8-13(10-2-3-10)5-4-12(15)16/h10-11,14H,2-9H2,1H3,(H,15,16). The smallest absolute Gasteiger partial charge is 0.304 e. The van der Waals surface area contributed by atoms with Crippen LogP contribution >= 0.6 is 0 Å². The predicted molar refractivity (Wildman–Crippen MR) is 65.5 cm³/mol. The van der Waals surface area contributed by atoms with Crippen molar-refractivity contribution >= 4 is 5.97 Å². The van der Waals surface area contributed by atoms with Crippen molar-refractivity contribution in [3.63, 3.8) is 0 Å². The Labute approximate surface area is 107 Å². The van der Waals surface area contributed by atoms with Gasteiger partial charge < -0.3 is 19.7 Å². The van der Waals surface area contributed by atoms with E-state index in [1.165, 1.54) is 0 Å². The van der Waals surface area contributed by atoms with Crippen LogP contribution in [0.4, 0.5) is 0 Å². The highest BCUT2D eigenvalue weighted by Gasteiger charge is 2.30. The van der Waals surface area contributed by atoms with Gasteiger partial charge in [0.1, 0.15) is 0 Å². The topological polar surface area (TPSA) is 79.2 Å². The number of hydrogen-bond acceptors (Lipinski definition) is 5. The third-order valence-corrected chi connectivity index (χ3v) is 2.86. The van der Waals surface area contributed by atoms with Gasteiger partial charge in [-0.2, -0.15) is 0 Å². The molecule has 1 aliphatic carbocycles. The number of aliphatic carboxylic acids is 1. The highest BCUT2D eigenvalue weighted by atomic mass is 16.5. The number of carbonyl (C=O) groups is 1. The van der Waals surface area contributed by atoms with Crippen LogP contribution in [0.5, 0.6) is 0 Å². The fourth-order valence-electron chi connectivity index (χ4n) is 1.79. The number of hydrogen-bond donors (Lipinski definition) is 2. The van der Waals surface area contributed by atoms with Crippen molar-refractivity contribution in [1.82, 2.24) is 4.90 Å². The van der Waals surface area contributed by atoms with E-state index in [4.69, 9.17) is 14.6 Å². The molecule has 1 saturated carbocycles. The molecule has 1 fully saturated rings. The summed E-state index contributed by atoms with van der Waals surface area (Å²) in [6.45, 7) is 2.21. The molecule has 0 aromatic carbocycles. The number of carboxylic acid groups (broad SMARTS) is 1. The molecule has 106 valence electrons. The van der Waals surface area contributed by atoms with E-state index in [-0.39, 0.29) is 13.0 Å². The number of aliphatic hydroxyl groups is 1. The lowest BCUT2D eigenvalue weighted by Crippen LogP contribution is -2.38. The zero-order valence-electron chi connectivity index (χ0n) is 10.9. The summed E-state index contributed by atoms with van der Waals surface area (Å²) in [4.78, 5) is 12.6. The highest BCUT2D eigenvalue weighted by molar-refractivity contribution is 5.66. The summed E-state index contributed by atoms with van der Waals surface area (Å²) in [6, 6.07) is 0.443. The zero-order valence-corrected chi connectivity index (χ0v) is 10.9. The van der Waals surface area contributed by atoms with Crippen molar-refractivity contribution in [3.05, 3.63) is 0 Å². The van der Waals surface area contributed by atoms with Crippen LogP contribution in [0.1, 0.15) is 19.3 Å². The largest absolute Gasteiger partial charge is 0.481 e. The molecule has 2 N–H and O–H groups in total. The Morgan fingerprint density at radius 3 is 2.72 bits per heavy atom. The molecule has 0 heterocycles. The second-order valence-corrected chi connectivity index (χ2v) is 4.59. The first-order valence-electron chi connectivity index (χ1n) is 6.34. The number of aliphatic hydroxyl groups excluding tert-OH is 1. The molecule has 0 aromatic heterocycles. The van der Waals surface area contributed by atoms with Crippen LogP contribution < -0.4 is 0 Å². The summed E-state index contributed by atoms with van der Waals surface area (Å²) in [5.74, 6) is -0.800. The van der Waals surface area contributed by atoms with Crippen LogP contribution in [0.25, 0.3) is 0 Å². The lowest BCUT2D eigenvalue weighted by Gasteiger charge is -2.24. The first-order chi connectivity index (χ1) is 8.63. The van der Waals surface area contributed by atoms with Crippen molar-refractivity contribution in [2.45, 2.75) is 31.4 Å². The molecule has 6 nitrogen and oxygen atoms in total. The SMILES string of the molecule is COCCOCC(O)CN(CCC(=O)O)C1CC1. The van der Waals surface area contributed by atoms with Crippen molar-refractivity contribution in [2.24, 2.45) is 0 Å². The fraction of sp³-hybridized carbons (Fsp3) is 0.917. The second-order valence-electron chi connectivity index (χ2n) is 4.59. The maximum atomic E-state index is 10.5. The molecule has 0 radical (unpaired) electrons. The van der Waals surface area contributed by atoms with Crippen molar-refractivity contribution < 1.29 is 24.5 Å². The first kappa shape index (κ1) is 15.4. The van der Waals surface area contributed by atoms with E-state index in [2.05, 4.69) is 0 Å². The van der Waals surface area contributed by atoms with Crippen molar-refractivity contribution in [3.8, 4) is 0 Å². The van der Waals surface area contributed by atoms with Crippen molar-refractivity contribution in [1.29, 1.82) is 0 Å². The van der Waals surface area contributed by atoms with Crippen LogP contribution in [-0.2, 0) is 14.3 Å². The minimum atomic E-state index is -0.800. The van der Waals surface area contributed by atoms with E-state index in [9.17, 15) is 9.90 Å². The van der Waals surface area contributed by atoms with Crippen LogP contribution in [0.15, 0.2) is 0 Å². The molecule has 1 rings (SSSR count). The average molecular weight is 261 g/mol. The van der Waals surface area contributed by atoms with E-state index in [1.807, 2.05) is 4.90 Å². The number of nitrogens with zero attached hydrogens (tertiary/aromatic N) is 1. The number of rotatable bonds is 11. The van der Waals surface area contributed by atoms with Gasteiger partial charge in [-0.25, -0.2) is 0 Å². The molecular weight excluding hydrogens is 238 g/mol. The monoisotopic (exact) mass is 261 g/mol. The molecule has 0 aliphatic heterocycles. The highest BCUT2D eigenvalue weighted by Crippen LogP contribution is 2.26. The molecule has 0 saturated heterocycles. The molecule has 0 bridgehead atoms. The number of ether oxygens (including phenoxy) is 2. The zero-order chi connectivity index (χ0) is 13.4. The maximum Gasteiger partial charge on any atom is 0.304 e. The van der Waals surface area contributed by atoms with E-state index in [0.29, 0.717) is 32.3 Å². The number of carboxylic acids is 1. The van der Waals surface area contributed by atoms with Crippen LogP contribution in [-0.4, -0.2) is 73.2 Å². The molecule has 1 unspecified atom stereocenters. The summed E-state index contributed by atoms with van der Waals surface area (Å²) < 4.78 is 10.1. The third-order valence-electron chi connectivity index (χ3n) is 2.86. The van der Waals surface area contributed by atoms with Gasteiger partial charge in [0.15, 0.2) is 0 Å². The number of methoxy groups -OCH3 is 1. The molecule has 0 aromatic rings. The lowest BCUT2D eigenvalue weighted by atomic mass is 10.3. The van der Waals surface area contributed by atoms with Gasteiger partial charge in [0, 0.05) is 26.2 Å². The Morgan fingerprint density at radius 1 is 1.44 bits per heavy atom. The van der Waals surface area contributed by atoms with Gasteiger partial charge in [0.2, 0.25) is 0 Å². The Hall–Kier alpha value is -0.690. The minimum Gasteiger partial charge on any atom is -0.481 e. The molecule has 6 heteroatoms. The Balaban J connectivity index is 2.16. The molecule has 0 amide bonds. The fourth-order valence-corrected chi connectivity index (χ4v) is 1.79. The normalized spacial score (nSPS) is 17.1. The molecular formula is C12H23NO5. The van der Waals surface area contributed by atoms with Gasteiger partial charge in [0.05, 0.1) is 32.3 Å². The van der Waals surface area contributed by atoms with Crippen LogP contribution in [0.3, 0.4) is 0 Å². The third kappa shape index (κ3) is 6.90. The van der Waals surface area contributed by atoms with E-state index < -0.39 is 12.1 Å². The maximum absolute atomic E-state index is 10.5. The van der Waals surface area contributed by atoms with Crippen LogP contribution in [0.2, 0.25) is 0 Å². The molecule has 1 aliphatic rings. The molecule has 0 spiro atoms. The van der Waals surface area contributed by atoms with Gasteiger partial charge in [-0.15, -0.1) is 0 Å². The lowest BCUT2D eigenvalue weighted by molar-refractivity contribution is -0.137. The minimum absolute atomic E-state index is 0.119.